The van der Waals surface area contributed by atoms with Gasteiger partial charge in [-0.05, 0) is 13.8 Å². The van der Waals surface area contributed by atoms with Gasteiger partial charge in [-0.15, -0.1) is 11.3 Å². The molecule has 0 aliphatic carbocycles. The van der Waals surface area contributed by atoms with E-state index in [9.17, 15) is 0 Å². The quantitative estimate of drug-likeness (QED) is 0.428. The minimum Gasteiger partial charge on any atom is -0.486 e. The molecule has 0 unspecified atom stereocenters. The Morgan fingerprint density at radius 2 is 1.00 bits per heavy atom. The van der Waals surface area contributed by atoms with Crippen molar-refractivity contribution in [2.75, 3.05) is 66.1 Å². The average molecular weight is 348 g/mol. The molecule has 0 aromatic carbocycles. The highest BCUT2D eigenvalue weighted by atomic mass is 32.1. The van der Waals surface area contributed by atoms with Crippen molar-refractivity contribution in [1.29, 1.82) is 0 Å². The van der Waals surface area contributed by atoms with Gasteiger partial charge in [0.05, 0.1) is 39.6 Å². The highest BCUT2D eigenvalue weighted by molar-refractivity contribution is 7.08. The molecule has 23 heavy (non-hydrogen) atoms. The number of hydrogen-bond donors (Lipinski definition) is 0. The van der Waals surface area contributed by atoms with Crippen molar-refractivity contribution < 1.29 is 28.4 Å². The smallest absolute Gasteiger partial charge is 0.171 e. The molecule has 0 aliphatic heterocycles. The molecule has 1 heterocycles. The molecular weight excluding hydrogens is 320 g/mol. The second-order valence-electron chi connectivity index (χ2n) is 4.42. The lowest BCUT2D eigenvalue weighted by Gasteiger charge is -2.10. The van der Waals surface area contributed by atoms with Crippen LogP contribution in [0.2, 0.25) is 0 Å². The van der Waals surface area contributed by atoms with Gasteiger partial charge >= 0.3 is 0 Å². The van der Waals surface area contributed by atoms with E-state index in [1.165, 1.54) is 0 Å². The fourth-order valence-electron chi connectivity index (χ4n) is 1.63. The van der Waals surface area contributed by atoms with E-state index in [4.69, 9.17) is 28.4 Å². The molecule has 7 heteroatoms. The van der Waals surface area contributed by atoms with E-state index < -0.39 is 0 Å². The molecule has 6 nitrogen and oxygen atoms in total. The summed E-state index contributed by atoms with van der Waals surface area (Å²) in [7, 11) is 0. The number of ether oxygens (including phenoxy) is 6. The van der Waals surface area contributed by atoms with Crippen LogP contribution in [-0.2, 0) is 18.9 Å². The summed E-state index contributed by atoms with van der Waals surface area (Å²) in [5, 5.41) is 3.84. The summed E-state index contributed by atoms with van der Waals surface area (Å²) in [6, 6.07) is 0. The Morgan fingerprint density at radius 3 is 1.43 bits per heavy atom. The molecule has 0 fully saturated rings. The molecule has 0 saturated carbocycles. The highest BCUT2D eigenvalue weighted by Crippen LogP contribution is 2.31. The van der Waals surface area contributed by atoms with Gasteiger partial charge < -0.3 is 28.4 Å². The molecule has 0 bridgehead atoms. The van der Waals surface area contributed by atoms with Crippen LogP contribution in [0.4, 0.5) is 0 Å². The Labute approximate surface area is 142 Å². The summed E-state index contributed by atoms with van der Waals surface area (Å²) in [5.74, 6) is 1.50. The molecule has 1 aromatic rings. The van der Waals surface area contributed by atoms with E-state index >= 15 is 0 Å². The first-order valence-corrected chi connectivity index (χ1v) is 8.95. The maximum absolute atomic E-state index is 5.65. The van der Waals surface area contributed by atoms with Gasteiger partial charge in [0.2, 0.25) is 0 Å². The second-order valence-corrected chi connectivity index (χ2v) is 5.16. The van der Waals surface area contributed by atoms with Crippen molar-refractivity contribution in [1.82, 2.24) is 0 Å². The SMILES string of the molecule is CCOCCOCCOc1cscc1OCCOCCOCC. The molecular formula is C16H28O6S. The molecule has 0 amide bonds. The fraction of sp³-hybridized carbons (Fsp3) is 0.750. The van der Waals surface area contributed by atoms with Gasteiger partial charge in [0.25, 0.3) is 0 Å². The van der Waals surface area contributed by atoms with Crippen molar-refractivity contribution >= 4 is 11.3 Å². The Bertz CT molecular complexity index is 339. The monoisotopic (exact) mass is 348 g/mol. The van der Waals surface area contributed by atoms with Crippen LogP contribution in [0.5, 0.6) is 11.5 Å². The third kappa shape index (κ3) is 10.5. The van der Waals surface area contributed by atoms with E-state index in [0.29, 0.717) is 66.1 Å². The van der Waals surface area contributed by atoms with Crippen LogP contribution in [-0.4, -0.2) is 66.1 Å². The van der Waals surface area contributed by atoms with Crippen LogP contribution in [0.3, 0.4) is 0 Å². The number of rotatable bonds is 16. The van der Waals surface area contributed by atoms with Crippen LogP contribution >= 0.6 is 11.3 Å². The second kappa shape index (κ2) is 14.7. The van der Waals surface area contributed by atoms with E-state index in [2.05, 4.69) is 0 Å². The molecule has 0 N–H and O–H groups in total. The normalized spacial score (nSPS) is 10.9. The van der Waals surface area contributed by atoms with Crippen LogP contribution in [0.1, 0.15) is 13.8 Å². The molecule has 0 saturated heterocycles. The lowest BCUT2D eigenvalue weighted by Crippen LogP contribution is -2.12. The molecule has 0 radical (unpaired) electrons. The van der Waals surface area contributed by atoms with Crippen molar-refractivity contribution in [3.63, 3.8) is 0 Å². The standard InChI is InChI=1S/C16H28O6S/c1-3-17-5-7-19-9-11-21-15-13-23-14-16(15)22-12-10-20-8-6-18-4-2/h13-14H,3-12H2,1-2H3. The fourth-order valence-corrected chi connectivity index (χ4v) is 2.32. The summed E-state index contributed by atoms with van der Waals surface area (Å²) in [6.45, 7) is 9.80. The predicted octanol–water partition coefficient (Wildman–Crippen LogP) is 2.61. The maximum Gasteiger partial charge on any atom is 0.171 e. The highest BCUT2D eigenvalue weighted by Gasteiger charge is 2.06. The minimum absolute atomic E-state index is 0.490. The van der Waals surface area contributed by atoms with Gasteiger partial charge in [0, 0.05) is 24.0 Å². The summed E-state index contributed by atoms with van der Waals surface area (Å²) in [5.41, 5.74) is 0. The number of thiophene rings is 1. The largest absolute Gasteiger partial charge is 0.486 e. The van der Waals surface area contributed by atoms with Crippen LogP contribution in [0.25, 0.3) is 0 Å². The molecule has 0 spiro atoms. The molecule has 1 rings (SSSR count). The zero-order valence-corrected chi connectivity index (χ0v) is 14.9. The third-order valence-electron chi connectivity index (χ3n) is 2.72. The lowest BCUT2D eigenvalue weighted by atomic mass is 10.5. The molecule has 0 aliphatic rings. The van der Waals surface area contributed by atoms with E-state index in [1.54, 1.807) is 11.3 Å². The topological polar surface area (TPSA) is 55.4 Å². The predicted molar refractivity (Wildman–Crippen MR) is 89.9 cm³/mol. The molecule has 0 atom stereocenters. The third-order valence-corrected chi connectivity index (χ3v) is 3.42. The van der Waals surface area contributed by atoms with Crippen molar-refractivity contribution in [2.24, 2.45) is 0 Å². The Morgan fingerprint density at radius 1 is 0.609 bits per heavy atom. The summed E-state index contributed by atoms with van der Waals surface area (Å²) < 4.78 is 32.5. The van der Waals surface area contributed by atoms with E-state index in [0.717, 1.165) is 11.5 Å². The van der Waals surface area contributed by atoms with Gasteiger partial charge in [-0.1, -0.05) is 0 Å². The van der Waals surface area contributed by atoms with Crippen molar-refractivity contribution in [2.45, 2.75) is 13.8 Å². The lowest BCUT2D eigenvalue weighted by molar-refractivity contribution is 0.0371. The Kier molecular flexibility index (Phi) is 12.9. The summed E-state index contributed by atoms with van der Waals surface area (Å²) in [4.78, 5) is 0. The van der Waals surface area contributed by atoms with Crippen molar-refractivity contribution in [3.05, 3.63) is 10.8 Å². The minimum atomic E-state index is 0.490. The summed E-state index contributed by atoms with van der Waals surface area (Å²) in [6.07, 6.45) is 0. The zero-order valence-electron chi connectivity index (χ0n) is 14.1. The van der Waals surface area contributed by atoms with Gasteiger partial charge in [-0.2, -0.15) is 0 Å². The Hall–Kier alpha value is -0.860. The first-order chi connectivity index (χ1) is 11.4. The zero-order chi connectivity index (χ0) is 16.6. The first-order valence-electron chi connectivity index (χ1n) is 8.01. The number of hydrogen-bond acceptors (Lipinski definition) is 7. The average Bonchev–Trinajstić information content (AvgIpc) is 3.00. The van der Waals surface area contributed by atoms with E-state index in [-0.39, 0.29) is 0 Å². The van der Waals surface area contributed by atoms with Crippen LogP contribution in [0, 0.1) is 0 Å². The molecule has 134 valence electrons. The van der Waals surface area contributed by atoms with E-state index in [1.807, 2.05) is 24.6 Å². The van der Waals surface area contributed by atoms with Crippen LogP contribution in [0.15, 0.2) is 10.8 Å². The van der Waals surface area contributed by atoms with Crippen LogP contribution < -0.4 is 9.47 Å². The Balaban J connectivity index is 2.04. The summed E-state index contributed by atoms with van der Waals surface area (Å²) >= 11 is 1.54. The van der Waals surface area contributed by atoms with Gasteiger partial charge in [0.1, 0.15) is 13.2 Å². The van der Waals surface area contributed by atoms with Gasteiger partial charge in [-0.25, -0.2) is 0 Å². The van der Waals surface area contributed by atoms with Crippen molar-refractivity contribution in [3.8, 4) is 11.5 Å². The van der Waals surface area contributed by atoms with Gasteiger partial charge in [-0.3, -0.25) is 0 Å². The molecule has 1 aromatic heterocycles. The maximum atomic E-state index is 5.65. The first kappa shape index (κ1) is 20.2. The van der Waals surface area contributed by atoms with Gasteiger partial charge in [0.15, 0.2) is 11.5 Å².